The Kier molecular flexibility index (Phi) is 3.38. The molecule has 0 aliphatic rings. The number of aromatic amines is 1. The first-order valence-corrected chi connectivity index (χ1v) is 5.64. The summed E-state index contributed by atoms with van der Waals surface area (Å²) in [5.41, 5.74) is 6.68. The molecule has 7 heteroatoms. The fraction of sp³-hybridized carbons (Fsp3) is 0.100. The van der Waals surface area contributed by atoms with Crippen LogP contribution >= 0.6 is 15.9 Å². The third-order valence-electron chi connectivity index (χ3n) is 2.16. The SMILES string of the molecule is Nc1[nH]ncc1CNC(=O)c1ncccc1Br. The Bertz CT molecular complexity index is 539. The number of hydrogen-bond acceptors (Lipinski definition) is 4. The minimum atomic E-state index is -0.266. The molecule has 4 N–H and O–H groups in total. The molecule has 2 heterocycles. The normalized spacial score (nSPS) is 10.2. The number of nitrogens with zero attached hydrogens (tertiary/aromatic N) is 2. The molecule has 88 valence electrons. The average molecular weight is 296 g/mol. The summed E-state index contributed by atoms with van der Waals surface area (Å²) in [6, 6.07) is 3.50. The van der Waals surface area contributed by atoms with Crippen molar-refractivity contribution in [3.05, 3.63) is 40.3 Å². The number of rotatable bonds is 3. The number of hydrogen-bond donors (Lipinski definition) is 3. The minimum Gasteiger partial charge on any atom is -0.384 e. The highest BCUT2D eigenvalue weighted by Crippen LogP contribution is 2.13. The molecule has 0 fully saturated rings. The van der Waals surface area contributed by atoms with E-state index in [1.807, 2.05) is 0 Å². The van der Waals surface area contributed by atoms with E-state index in [0.717, 1.165) is 5.56 Å². The lowest BCUT2D eigenvalue weighted by molar-refractivity contribution is 0.0945. The molecule has 0 aromatic carbocycles. The van der Waals surface area contributed by atoms with Gasteiger partial charge >= 0.3 is 0 Å². The Morgan fingerprint density at radius 3 is 3.06 bits per heavy atom. The minimum absolute atomic E-state index is 0.266. The van der Waals surface area contributed by atoms with Crippen LogP contribution in [-0.2, 0) is 6.54 Å². The number of halogens is 1. The molecule has 0 aliphatic carbocycles. The Balaban J connectivity index is 2.04. The maximum atomic E-state index is 11.8. The molecule has 0 atom stereocenters. The van der Waals surface area contributed by atoms with Crippen LogP contribution in [0.3, 0.4) is 0 Å². The topological polar surface area (TPSA) is 96.7 Å². The van der Waals surface area contributed by atoms with Crippen molar-refractivity contribution in [2.45, 2.75) is 6.54 Å². The molecule has 0 saturated heterocycles. The Hall–Kier alpha value is -1.89. The third-order valence-corrected chi connectivity index (χ3v) is 2.80. The maximum Gasteiger partial charge on any atom is 0.271 e. The lowest BCUT2D eigenvalue weighted by Gasteiger charge is -2.04. The van der Waals surface area contributed by atoms with Crippen LogP contribution in [0.25, 0.3) is 0 Å². The average Bonchev–Trinajstić information content (AvgIpc) is 2.72. The van der Waals surface area contributed by atoms with Gasteiger partial charge in [0, 0.05) is 22.8 Å². The summed E-state index contributed by atoms with van der Waals surface area (Å²) >= 11 is 3.26. The van der Waals surface area contributed by atoms with E-state index in [-0.39, 0.29) is 5.91 Å². The smallest absolute Gasteiger partial charge is 0.271 e. The van der Waals surface area contributed by atoms with Gasteiger partial charge in [-0.05, 0) is 28.1 Å². The number of anilines is 1. The highest BCUT2D eigenvalue weighted by molar-refractivity contribution is 9.10. The second-order valence-electron chi connectivity index (χ2n) is 3.33. The maximum absolute atomic E-state index is 11.8. The molecule has 1 amide bonds. The van der Waals surface area contributed by atoms with Gasteiger partial charge in [-0.25, -0.2) is 4.98 Å². The zero-order valence-electron chi connectivity index (χ0n) is 8.77. The first kappa shape index (κ1) is 11.6. The molecule has 6 nitrogen and oxygen atoms in total. The van der Waals surface area contributed by atoms with Crippen molar-refractivity contribution < 1.29 is 4.79 Å². The zero-order chi connectivity index (χ0) is 12.3. The predicted molar refractivity (Wildman–Crippen MR) is 66.1 cm³/mol. The van der Waals surface area contributed by atoms with Gasteiger partial charge in [-0.1, -0.05) is 0 Å². The third kappa shape index (κ3) is 2.62. The molecule has 0 saturated carbocycles. The highest BCUT2D eigenvalue weighted by Gasteiger charge is 2.11. The fourth-order valence-electron chi connectivity index (χ4n) is 1.27. The van der Waals surface area contributed by atoms with Crippen LogP contribution in [0.4, 0.5) is 5.82 Å². The number of aromatic nitrogens is 3. The second kappa shape index (κ2) is 4.96. The monoisotopic (exact) mass is 295 g/mol. The molecule has 0 spiro atoms. The molecule has 0 bridgehead atoms. The molecule has 0 aliphatic heterocycles. The van der Waals surface area contributed by atoms with Crippen LogP contribution < -0.4 is 11.1 Å². The Labute approximate surface area is 106 Å². The quantitative estimate of drug-likeness (QED) is 0.789. The van der Waals surface area contributed by atoms with Crippen molar-refractivity contribution in [2.75, 3.05) is 5.73 Å². The summed E-state index contributed by atoms with van der Waals surface area (Å²) in [6.07, 6.45) is 3.13. The van der Waals surface area contributed by atoms with Gasteiger partial charge in [0.2, 0.25) is 0 Å². The molecule has 2 aromatic heterocycles. The summed E-state index contributed by atoms with van der Waals surface area (Å²) in [7, 11) is 0. The lowest BCUT2D eigenvalue weighted by atomic mass is 10.3. The molecule has 2 aromatic rings. The molecule has 17 heavy (non-hydrogen) atoms. The summed E-state index contributed by atoms with van der Waals surface area (Å²) in [6.45, 7) is 0.310. The van der Waals surface area contributed by atoms with E-state index in [0.29, 0.717) is 22.5 Å². The highest BCUT2D eigenvalue weighted by atomic mass is 79.9. The summed E-state index contributed by atoms with van der Waals surface area (Å²) in [4.78, 5) is 15.8. The van der Waals surface area contributed by atoms with E-state index in [9.17, 15) is 4.79 Å². The van der Waals surface area contributed by atoms with Gasteiger partial charge in [0.05, 0.1) is 6.20 Å². The molecular weight excluding hydrogens is 286 g/mol. The summed E-state index contributed by atoms with van der Waals surface area (Å²) < 4.78 is 0.651. The van der Waals surface area contributed by atoms with Crippen LogP contribution in [0.2, 0.25) is 0 Å². The van der Waals surface area contributed by atoms with E-state index in [1.54, 1.807) is 24.5 Å². The van der Waals surface area contributed by atoms with Crippen LogP contribution in [0.15, 0.2) is 29.0 Å². The van der Waals surface area contributed by atoms with Gasteiger partial charge in [-0.3, -0.25) is 9.89 Å². The van der Waals surface area contributed by atoms with E-state index in [2.05, 4.69) is 36.4 Å². The summed E-state index contributed by atoms with van der Waals surface area (Å²) in [5, 5.41) is 9.07. The Morgan fingerprint density at radius 1 is 1.59 bits per heavy atom. The largest absolute Gasteiger partial charge is 0.384 e. The van der Waals surface area contributed by atoms with Gasteiger partial charge in [0.15, 0.2) is 0 Å². The molecular formula is C10H10BrN5O. The standard InChI is InChI=1S/C10H10BrN5O/c11-7-2-1-3-13-8(7)10(17)14-4-6-5-15-16-9(6)12/h1-3,5H,4H2,(H,14,17)(H3,12,15,16). The number of carbonyl (C=O) groups excluding carboxylic acids is 1. The van der Waals surface area contributed by atoms with E-state index < -0.39 is 0 Å². The van der Waals surface area contributed by atoms with Gasteiger partial charge in [-0.15, -0.1) is 0 Å². The number of H-pyrrole nitrogens is 1. The van der Waals surface area contributed by atoms with E-state index in [1.165, 1.54) is 0 Å². The number of amides is 1. The van der Waals surface area contributed by atoms with Crippen molar-refractivity contribution in [3.8, 4) is 0 Å². The summed E-state index contributed by atoms with van der Waals surface area (Å²) in [5.74, 6) is 0.184. The van der Waals surface area contributed by atoms with Crippen molar-refractivity contribution in [1.29, 1.82) is 0 Å². The van der Waals surface area contributed by atoms with Gasteiger partial charge in [0.25, 0.3) is 5.91 Å². The zero-order valence-corrected chi connectivity index (χ0v) is 10.4. The first-order chi connectivity index (χ1) is 8.18. The fourth-order valence-corrected chi connectivity index (χ4v) is 1.71. The van der Waals surface area contributed by atoms with Gasteiger partial charge < -0.3 is 11.1 Å². The Morgan fingerprint density at radius 2 is 2.41 bits per heavy atom. The first-order valence-electron chi connectivity index (χ1n) is 4.85. The van der Waals surface area contributed by atoms with Crippen LogP contribution in [0.1, 0.15) is 16.1 Å². The van der Waals surface area contributed by atoms with E-state index >= 15 is 0 Å². The van der Waals surface area contributed by atoms with Gasteiger partial charge in [0.1, 0.15) is 11.5 Å². The molecule has 2 rings (SSSR count). The van der Waals surface area contributed by atoms with Crippen molar-refractivity contribution in [1.82, 2.24) is 20.5 Å². The number of nitrogens with two attached hydrogens (primary N) is 1. The number of carbonyl (C=O) groups is 1. The van der Waals surface area contributed by atoms with Crippen LogP contribution in [0.5, 0.6) is 0 Å². The number of pyridine rings is 1. The molecule has 0 unspecified atom stereocenters. The van der Waals surface area contributed by atoms with Crippen molar-refractivity contribution >= 4 is 27.7 Å². The lowest BCUT2D eigenvalue weighted by Crippen LogP contribution is -2.24. The van der Waals surface area contributed by atoms with Crippen LogP contribution in [-0.4, -0.2) is 21.1 Å². The predicted octanol–water partition coefficient (Wildman–Crippen LogP) is 1.08. The number of nitrogens with one attached hydrogen (secondary N) is 2. The van der Waals surface area contributed by atoms with Crippen molar-refractivity contribution in [3.63, 3.8) is 0 Å². The molecule has 0 radical (unpaired) electrons. The number of nitrogen functional groups attached to an aromatic ring is 1. The van der Waals surface area contributed by atoms with Gasteiger partial charge in [-0.2, -0.15) is 5.10 Å². The van der Waals surface area contributed by atoms with E-state index in [4.69, 9.17) is 5.73 Å². The second-order valence-corrected chi connectivity index (χ2v) is 4.18. The van der Waals surface area contributed by atoms with Crippen LogP contribution in [0, 0.1) is 0 Å². The van der Waals surface area contributed by atoms with Crippen molar-refractivity contribution in [2.24, 2.45) is 0 Å².